The van der Waals surface area contributed by atoms with E-state index in [4.69, 9.17) is 3.07 Å². The summed E-state index contributed by atoms with van der Waals surface area (Å²) in [5.74, 6) is 0.668. The van der Waals surface area contributed by atoms with E-state index in [1.807, 2.05) is 23.0 Å². The fourth-order valence-corrected chi connectivity index (χ4v) is 3.33. The molecule has 1 aliphatic rings. The van der Waals surface area contributed by atoms with Crippen molar-refractivity contribution in [1.29, 1.82) is 0 Å². The quantitative estimate of drug-likeness (QED) is 0.793. The van der Waals surface area contributed by atoms with Gasteiger partial charge in [0.15, 0.2) is 0 Å². The van der Waals surface area contributed by atoms with Crippen molar-refractivity contribution in [2.75, 3.05) is 6.61 Å². The van der Waals surface area contributed by atoms with Gasteiger partial charge in [0, 0.05) is 12.1 Å². The Bertz CT molecular complexity index is 342. The van der Waals surface area contributed by atoms with Crippen LogP contribution in [0.4, 0.5) is 0 Å². The molecule has 0 amide bonds. The van der Waals surface area contributed by atoms with Crippen molar-refractivity contribution >= 4 is 23.0 Å². The maximum absolute atomic E-state index is 5.33. The molecule has 0 radical (unpaired) electrons. The summed E-state index contributed by atoms with van der Waals surface area (Å²) in [6.07, 6.45) is 5.27. The Morgan fingerprint density at radius 3 is 2.72 bits per heavy atom. The second-order valence-electron chi connectivity index (χ2n) is 5.23. The highest BCUT2D eigenvalue weighted by Gasteiger charge is 2.26. The van der Waals surface area contributed by atoms with E-state index in [2.05, 4.69) is 42.6 Å². The molecule has 1 saturated carbocycles. The minimum Gasteiger partial charge on any atom is -0.315 e. The summed E-state index contributed by atoms with van der Waals surface area (Å²) in [5, 5.41) is 3.79. The van der Waals surface area contributed by atoms with Crippen LogP contribution in [0.5, 0.6) is 0 Å². The van der Waals surface area contributed by atoms with Gasteiger partial charge in [-0.3, -0.25) is 0 Å². The van der Waals surface area contributed by atoms with Crippen LogP contribution in [0.25, 0.3) is 0 Å². The number of benzene rings is 1. The van der Waals surface area contributed by atoms with Crippen LogP contribution < -0.4 is 5.32 Å². The summed E-state index contributed by atoms with van der Waals surface area (Å²) in [7, 11) is 0. The van der Waals surface area contributed by atoms with E-state index in [-0.39, 0.29) is 0 Å². The van der Waals surface area contributed by atoms with Crippen molar-refractivity contribution in [3.8, 4) is 0 Å². The minimum absolute atomic E-state index is 0.422. The SMILES string of the molecule is C[C@H](N[C@H]1CCCC[C@@H]1COI)c1ccccc1. The van der Waals surface area contributed by atoms with Crippen LogP contribution in [0.2, 0.25) is 0 Å². The van der Waals surface area contributed by atoms with Crippen molar-refractivity contribution in [3.05, 3.63) is 35.9 Å². The van der Waals surface area contributed by atoms with Gasteiger partial charge in [-0.15, -0.1) is 0 Å². The van der Waals surface area contributed by atoms with Gasteiger partial charge >= 0.3 is 0 Å². The fraction of sp³-hybridized carbons (Fsp3) is 0.600. The van der Waals surface area contributed by atoms with Crippen molar-refractivity contribution < 1.29 is 3.07 Å². The second kappa shape index (κ2) is 7.46. The van der Waals surface area contributed by atoms with E-state index < -0.39 is 0 Å². The fourth-order valence-electron chi connectivity index (χ4n) is 2.87. The maximum Gasteiger partial charge on any atom is 0.109 e. The Balaban J connectivity index is 1.94. The zero-order chi connectivity index (χ0) is 12.8. The largest absolute Gasteiger partial charge is 0.315 e. The molecule has 0 heterocycles. The number of hydrogen-bond donors (Lipinski definition) is 1. The number of rotatable bonds is 5. The monoisotopic (exact) mass is 359 g/mol. The molecule has 18 heavy (non-hydrogen) atoms. The molecule has 1 fully saturated rings. The molecule has 100 valence electrons. The standard InChI is InChI=1S/C15H22INO/c1-12(13-7-3-2-4-8-13)17-15-10-6-5-9-14(15)11-18-16/h2-4,7-8,12,14-15,17H,5-6,9-11H2,1H3/t12-,14+,15-/m0/s1. The summed E-state index contributed by atoms with van der Waals surface area (Å²) in [5.41, 5.74) is 1.37. The van der Waals surface area contributed by atoms with Crippen LogP contribution in [0.1, 0.15) is 44.2 Å². The highest BCUT2D eigenvalue weighted by molar-refractivity contribution is 14.1. The lowest BCUT2D eigenvalue weighted by Gasteiger charge is -2.34. The molecule has 0 saturated heterocycles. The number of nitrogens with one attached hydrogen (secondary N) is 1. The van der Waals surface area contributed by atoms with E-state index >= 15 is 0 Å². The van der Waals surface area contributed by atoms with Gasteiger partial charge < -0.3 is 8.38 Å². The van der Waals surface area contributed by atoms with Crippen molar-refractivity contribution in [3.63, 3.8) is 0 Å². The zero-order valence-corrected chi connectivity index (χ0v) is 13.1. The van der Waals surface area contributed by atoms with Crippen LogP contribution >= 0.6 is 23.0 Å². The maximum atomic E-state index is 5.33. The van der Waals surface area contributed by atoms with Gasteiger partial charge in [-0.2, -0.15) is 0 Å². The summed E-state index contributed by atoms with van der Waals surface area (Å²) in [4.78, 5) is 0. The molecule has 0 unspecified atom stereocenters. The average molecular weight is 359 g/mol. The molecule has 0 spiro atoms. The third kappa shape index (κ3) is 3.93. The van der Waals surface area contributed by atoms with Gasteiger partial charge in [0.25, 0.3) is 0 Å². The Kier molecular flexibility index (Phi) is 5.92. The minimum atomic E-state index is 0.422. The van der Waals surface area contributed by atoms with E-state index in [0.29, 0.717) is 18.0 Å². The molecule has 0 bridgehead atoms. The summed E-state index contributed by atoms with van der Waals surface area (Å²) in [6, 6.07) is 11.7. The van der Waals surface area contributed by atoms with Crippen LogP contribution in [0.3, 0.4) is 0 Å². The lowest BCUT2D eigenvalue weighted by molar-refractivity contribution is 0.191. The molecule has 2 rings (SSSR count). The van der Waals surface area contributed by atoms with Gasteiger partial charge in [-0.25, -0.2) is 0 Å². The van der Waals surface area contributed by atoms with Gasteiger partial charge in [-0.05, 0) is 31.2 Å². The smallest absolute Gasteiger partial charge is 0.109 e. The Morgan fingerprint density at radius 2 is 2.00 bits per heavy atom. The summed E-state index contributed by atoms with van der Waals surface area (Å²) >= 11 is 2.02. The molecule has 1 N–H and O–H groups in total. The normalized spacial score (nSPS) is 25.9. The first-order chi connectivity index (χ1) is 8.81. The van der Waals surface area contributed by atoms with Gasteiger partial charge in [-0.1, -0.05) is 43.2 Å². The van der Waals surface area contributed by atoms with Gasteiger partial charge in [0.05, 0.1) is 6.61 Å². The van der Waals surface area contributed by atoms with E-state index in [9.17, 15) is 0 Å². The van der Waals surface area contributed by atoms with E-state index in [1.165, 1.54) is 31.2 Å². The molecule has 1 aromatic rings. The molecule has 3 atom stereocenters. The third-order valence-corrected chi connectivity index (χ3v) is 4.31. The molecule has 0 aromatic heterocycles. The van der Waals surface area contributed by atoms with E-state index in [0.717, 1.165) is 6.61 Å². The van der Waals surface area contributed by atoms with E-state index in [1.54, 1.807) is 0 Å². The second-order valence-corrected chi connectivity index (χ2v) is 5.85. The first kappa shape index (κ1) is 14.3. The van der Waals surface area contributed by atoms with Crippen LogP contribution in [-0.2, 0) is 3.07 Å². The summed E-state index contributed by atoms with van der Waals surface area (Å²) < 4.78 is 5.33. The zero-order valence-electron chi connectivity index (χ0n) is 10.9. The Labute approximate surface area is 124 Å². The first-order valence-electron chi connectivity index (χ1n) is 6.86. The number of hydrogen-bond acceptors (Lipinski definition) is 2. The highest BCUT2D eigenvalue weighted by Crippen LogP contribution is 2.27. The molecule has 0 aliphatic heterocycles. The van der Waals surface area contributed by atoms with Crippen LogP contribution in [-0.4, -0.2) is 12.6 Å². The van der Waals surface area contributed by atoms with Crippen molar-refractivity contribution in [1.82, 2.24) is 5.32 Å². The molecule has 1 aliphatic carbocycles. The van der Waals surface area contributed by atoms with Crippen molar-refractivity contribution in [2.24, 2.45) is 5.92 Å². The molecular weight excluding hydrogens is 337 g/mol. The Hall–Kier alpha value is -0.130. The molecular formula is C15H22INO. The van der Waals surface area contributed by atoms with Crippen LogP contribution in [0.15, 0.2) is 30.3 Å². The first-order valence-corrected chi connectivity index (χ1v) is 7.74. The average Bonchev–Trinajstić information content (AvgIpc) is 2.42. The molecule has 2 nitrogen and oxygen atoms in total. The number of halogens is 1. The van der Waals surface area contributed by atoms with Crippen molar-refractivity contribution in [2.45, 2.75) is 44.7 Å². The van der Waals surface area contributed by atoms with Gasteiger partial charge in [0.2, 0.25) is 0 Å². The summed E-state index contributed by atoms with van der Waals surface area (Å²) in [6.45, 7) is 3.13. The predicted octanol–water partition coefficient (Wildman–Crippen LogP) is 4.26. The van der Waals surface area contributed by atoms with Gasteiger partial charge in [0.1, 0.15) is 23.0 Å². The third-order valence-electron chi connectivity index (χ3n) is 3.95. The topological polar surface area (TPSA) is 21.3 Å². The Morgan fingerprint density at radius 1 is 1.28 bits per heavy atom. The molecule has 3 heteroatoms. The lowest BCUT2D eigenvalue weighted by Crippen LogP contribution is -2.41. The van der Waals surface area contributed by atoms with Crippen LogP contribution in [0, 0.1) is 5.92 Å². The predicted molar refractivity (Wildman–Crippen MR) is 83.7 cm³/mol. The molecule has 1 aromatic carbocycles. The lowest BCUT2D eigenvalue weighted by atomic mass is 9.84. The highest BCUT2D eigenvalue weighted by atomic mass is 127.